The maximum atomic E-state index is 9.16. The first kappa shape index (κ1) is 27.5. The van der Waals surface area contributed by atoms with Crippen LogP contribution >= 0.6 is 0 Å². The van der Waals surface area contributed by atoms with Crippen molar-refractivity contribution in [1.29, 1.82) is 0 Å². The Morgan fingerprint density at radius 1 is 0.893 bits per heavy atom. The minimum Gasteiger partial charge on any atom is -0.508 e. The average molecular weight is 379 g/mol. The Balaban J connectivity index is 0. The van der Waals surface area contributed by atoms with Crippen molar-refractivity contribution in [3.05, 3.63) is 89.0 Å². The maximum absolute atomic E-state index is 9.16. The van der Waals surface area contributed by atoms with Crippen molar-refractivity contribution in [2.45, 2.75) is 54.9 Å². The number of allylic oxidation sites excluding steroid dienone is 4. The Labute approximate surface area is 173 Å². The lowest BCUT2D eigenvalue weighted by molar-refractivity contribution is 0.475. The van der Waals surface area contributed by atoms with E-state index in [2.05, 4.69) is 90.0 Å². The monoisotopic (exact) mass is 378 g/mol. The smallest absolute Gasteiger partial charge is 0.115 e. The zero-order valence-corrected chi connectivity index (χ0v) is 18.7. The van der Waals surface area contributed by atoms with E-state index >= 15 is 0 Å². The molecule has 0 aliphatic heterocycles. The van der Waals surface area contributed by atoms with Gasteiger partial charge in [-0.1, -0.05) is 79.6 Å². The van der Waals surface area contributed by atoms with Crippen LogP contribution in [0.3, 0.4) is 0 Å². The summed E-state index contributed by atoms with van der Waals surface area (Å²) in [6.07, 6.45) is 15.2. The molecule has 0 aromatic heterocycles. The Hall–Kier alpha value is -2.72. The number of aromatic hydroxyl groups is 1. The zero-order valence-electron chi connectivity index (χ0n) is 18.7. The summed E-state index contributed by atoms with van der Waals surface area (Å²) in [7, 11) is 0. The molecule has 0 saturated heterocycles. The van der Waals surface area contributed by atoms with E-state index in [0.29, 0.717) is 5.75 Å². The molecule has 2 aromatic rings. The second-order valence-electron chi connectivity index (χ2n) is 6.96. The SMILES string of the molecule is C#C.C/C=C\C(C)C.CC=C(C)C.Cc1ccc(Cc2ccc(O)cc2)cc1. The third-order valence-electron chi connectivity index (χ3n) is 3.62. The van der Waals surface area contributed by atoms with Crippen molar-refractivity contribution in [1.82, 2.24) is 0 Å². The molecule has 0 bridgehead atoms. The molecule has 0 radical (unpaired) electrons. The largest absolute Gasteiger partial charge is 0.508 e. The number of hydrogen-bond acceptors (Lipinski definition) is 1. The fourth-order valence-electron chi connectivity index (χ4n) is 1.94. The summed E-state index contributed by atoms with van der Waals surface area (Å²) >= 11 is 0. The second-order valence-corrected chi connectivity index (χ2v) is 6.96. The van der Waals surface area contributed by atoms with Gasteiger partial charge in [-0.05, 0) is 70.2 Å². The fraction of sp³-hybridized carbons (Fsp3) is 0.333. The van der Waals surface area contributed by atoms with Gasteiger partial charge in [-0.3, -0.25) is 0 Å². The van der Waals surface area contributed by atoms with Gasteiger partial charge in [0, 0.05) is 0 Å². The molecule has 0 spiro atoms. The Morgan fingerprint density at radius 2 is 1.29 bits per heavy atom. The van der Waals surface area contributed by atoms with Gasteiger partial charge in [0.25, 0.3) is 0 Å². The molecule has 0 amide bonds. The molecule has 2 rings (SSSR count). The van der Waals surface area contributed by atoms with Crippen molar-refractivity contribution in [2.75, 3.05) is 0 Å². The lowest BCUT2D eigenvalue weighted by atomic mass is 10.0. The molecule has 0 aliphatic rings. The topological polar surface area (TPSA) is 20.2 Å². The molecule has 152 valence electrons. The standard InChI is InChI=1S/C14H14O.C6H12.C5H10.C2H2/c1-11-2-4-12(5-3-11)10-13-6-8-14(15)9-7-13;1-4-5-6(2)3;1-4-5(2)3;1-2/h2-9,15H,10H2,1H3;4-6H,1-3H3;4H,1-3H3;1-2H/b;5-4-;;. The lowest BCUT2D eigenvalue weighted by Gasteiger charge is -2.02. The van der Waals surface area contributed by atoms with Gasteiger partial charge in [-0.25, -0.2) is 0 Å². The highest BCUT2D eigenvalue weighted by Gasteiger charge is 1.96. The van der Waals surface area contributed by atoms with E-state index < -0.39 is 0 Å². The van der Waals surface area contributed by atoms with Gasteiger partial charge in [-0.15, -0.1) is 12.8 Å². The number of terminal acetylenes is 1. The Morgan fingerprint density at radius 3 is 1.57 bits per heavy atom. The second kappa shape index (κ2) is 17.7. The molecule has 0 aliphatic carbocycles. The number of phenols is 1. The molecule has 0 saturated carbocycles. The van der Waals surface area contributed by atoms with Crippen LogP contribution in [-0.2, 0) is 6.42 Å². The molecule has 0 fully saturated rings. The number of benzene rings is 2. The molecule has 1 heteroatoms. The summed E-state index contributed by atoms with van der Waals surface area (Å²) in [6.45, 7) is 14.7. The van der Waals surface area contributed by atoms with Crippen LogP contribution in [0.25, 0.3) is 0 Å². The summed E-state index contributed by atoms with van der Waals surface area (Å²) in [5.74, 6) is 1.04. The highest BCUT2D eigenvalue weighted by atomic mass is 16.3. The first-order valence-electron chi connectivity index (χ1n) is 9.67. The molecular formula is C27H38O. The molecular weight excluding hydrogens is 340 g/mol. The van der Waals surface area contributed by atoms with E-state index in [9.17, 15) is 0 Å². The van der Waals surface area contributed by atoms with E-state index in [0.717, 1.165) is 12.3 Å². The van der Waals surface area contributed by atoms with Crippen molar-refractivity contribution < 1.29 is 5.11 Å². The molecule has 0 heterocycles. The molecule has 0 unspecified atom stereocenters. The lowest BCUT2D eigenvalue weighted by Crippen LogP contribution is -1.87. The van der Waals surface area contributed by atoms with Gasteiger partial charge in [0.1, 0.15) is 5.75 Å². The molecule has 28 heavy (non-hydrogen) atoms. The van der Waals surface area contributed by atoms with Crippen LogP contribution in [0.4, 0.5) is 0 Å². The first-order chi connectivity index (χ1) is 13.3. The number of rotatable bonds is 3. The third kappa shape index (κ3) is 16.7. The van der Waals surface area contributed by atoms with Crippen molar-refractivity contribution >= 4 is 0 Å². The van der Waals surface area contributed by atoms with Crippen molar-refractivity contribution in [2.24, 2.45) is 5.92 Å². The molecule has 0 atom stereocenters. The summed E-state index contributed by atoms with van der Waals surface area (Å²) in [6, 6.07) is 15.9. The summed E-state index contributed by atoms with van der Waals surface area (Å²) in [4.78, 5) is 0. The number of hydrogen-bond donors (Lipinski definition) is 1. The van der Waals surface area contributed by atoms with E-state index in [1.54, 1.807) is 12.1 Å². The van der Waals surface area contributed by atoms with Gasteiger partial charge in [-0.2, -0.15) is 0 Å². The van der Waals surface area contributed by atoms with Crippen molar-refractivity contribution in [3.63, 3.8) is 0 Å². The Kier molecular flexibility index (Phi) is 17.4. The number of phenolic OH excluding ortho intramolecular Hbond substituents is 1. The van der Waals surface area contributed by atoms with Crippen LogP contribution < -0.4 is 0 Å². The summed E-state index contributed by atoms with van der Waals surface area (Å²) in [5.41, 5.74) is 5.18. The predicted octanol–water partition coefficient (Wildman–Crippen LogP) is 7.73. The predicted molar refractivity (Wildman–Crippen MR) is 127 cm³/mol. The van der Waals surface area contributed by atoms with Gasteiger partial charge in [0.05, 0.1) is 0 Å². The quantitative estimate of drug-likeness (QED) is 0.428. The van der Waals surface area contributed by atoms with Crippen LogP contribution in [0, 0.1) is 25.7 Å². The van der Waals surface area contributed by atoms with Gasteiger partial charge >= 0.3 is 0 Å². The minimum absolute atomic E-state index is 0.322. The van der Waals surface area contributed by atoms with Crippen LogP contribution in [0.5, 0.6) is 5.75 Å². The molecule has 2 aromatic carbocycles. The van der Waals surface area contributed by atoms with E-state index in [1.165, 1.54) is 22.3 Å². The average Bonchev–Trinajstić information content (AvgIpc) is 2.68. The van der Waals surface area contributed by atoms with Crippen LogP contribution in [-0.4, -0.2) is 5.11 Å². The van der Waals surface area contributed by atoms with E-state index in [1.807, 2.05) is 26.0 Å². The highest BCUT2D eigenvalue weighted by Crippen LogP contribution is 2.14. The van der Waals surface area contributed by atoms with Crippen LogP contribution in [0.1, 0.15) is 58.2 Å². The van der Waals surface area contributed by atoms with Gasteiger partial charge in [0.2, 0.25) is 0 Å². The number of aryl methyl sites for hydroxylation is 1. The van der Waals surface area contributed by atoms with E-state index in [4.69, 9.17) is 5.11 Å². The highest BCUT2D eigenvalue weighted by molar-refractivity contribution is 5.31. The van der Waals surface area contributed by atoms with Crippen molar-refractivity contribution in [3.8, 4) is 18.6 Å². The molecule has 1 nitrogen and oxygen atoms in total. The molecule has 1 N–H and O–H groups in total. The fourth-order valence-corrected chi connectivity index (χ4v) is 1.94. The van der Waals surface area contributed by atoms with Crippen LogP contribution in [0.15, 0.2) is 72.3 Å². The van der Waals surface area contributed by atoms with Gasteiger partial charge < -0.3 is 5.11 Å². The van der Waals surface area contributed by atoms with Crippen LogP contribution in [0.2, 0.25) is 0 Å². The third-order valence-corrected chi connectivity index (χ3v) is 3.62. The van der Waals surface area contributed by atoms with Gasteiger partial charge in [0.15, 0.2) is 0 Å². The normalized spacial score (nSPS) is 9.21. The first-order valence-corrected chi connectivity index (χ1v) is 9.67. The minimum atomic E-state index is 0.322. The summed E-state index contributed by atoms with van der Waals surface area (Å²) in [5, 5.41) is 9.16. The van der Waals surface area contributed by atoms with E-state index in [-0.39, 0.29) is 0 Å². The zero-order chi connectivity index (χ0) is 21.9. The Bertz CT molecular complexity index is 636. The maximum Gasteiger partial charge on any atom is 0.115 e. The summed E-state index contributed by atoms with van der Waals surface area (Å²) < 4.78 is 0.